The molecule has 1 amide bonds. The van der Waals surface area contributed by atoms with E-state index in [0.29, 0.717) is 0 Å². The molecule has 0 saturated heterocycles. The van der Waals surface area contributed by atoms with Crippen LogP contribution < -0.4 is 15.4 Å². The number of anilines is 1. The fraction of sp³-hybridized carbons (Fsp3) is 0.222. The predicted octanol–water partition coefficient (Wildman–Crippen LogP) is 3.82. The number of ether oxygens (including phenoxy) is 1. The van der Waals surface area contributed by atoms with E-state index in [-0.39, 0.29) is 28.0 Å². The average molecular weight is 397 g/mol. The first kappa shape index (κ1) is 19.9. The van der Waals surface area contributed by atoms with Gasteiger partial charge in [-0.05, 0) is 36.8 Å². The first-order valence-corrected chi connectivity index (χ1v) is 8.61. The van der Waals surface area contributed by atoms with Gasteiger partial charge in [0.15, 0.2) is 5.75 Å². The van der Waals surface area contributed by atoms with Crippen molar-refractivity contribution in [1.29, 1.82) is 0 Å². The Bertz CT molecular complexity index is 789. The van der Waals surface area contributed by atoms with Crippen LogP contribution in [0, 0.1) is 0 Å². The quantitative estimate of drug-likeness (QED) is 0.631. The molecule has 3 N–H and O–H groups in total. The van der Waals surface area contributed by atoms with Crippen LogP contribution in [0.25, 0.3) is 0 Å². The molecule has 0 heterocycles. The lowest BCUT2D eigenvalue weighted by molar-refractivity contribution is -0.135. The Morgan fingerprint density at radius 1 is 1.15 bits per heavy atom. The van der Waals surface area contributed by atoms with Gasteiger partial charge in [0.25, 0.3) is 5.91 Å². The van der Waals surface area contributed by atoms with E-state index in [1.165, 1.54) is 12.1 Å². The van der Waals surface area contributed by atoms with Crippen LogP contribution in [-0.2, 0) is 11.4 Å². The fourth-order valence-electron chi connectivity index (χ4n) is 2.22. The van der Waals surface area contributed by atoms with Gasteiger partial charge in [-0.3, -0.25) is 9.59 Å². The molecule has 0 aliphatic heterocycles. The second kappa shape index (κ2) is 9.31. The first-order valence-electron chi connectivity index (χ1n) is 7.85. The molecule has 0 bridgehead atoms. The van der Waals surface area contributed by atoms with Crippen LogP contribution in [0.2, 0.25) is 10.0 Å². The lowest BCUT2D eigenvalue weighted by atomic mass is 10.2. The SMILES string of the molecule is CCNc1cccc(COc2c(Cl)cc(C(=O)NCC(=O)O)cc2Cl)c1. The third kappa shape index (κ3) is 5.54. The molecule has 138 valence electrons. The highest BCUT2D eigenvalue weighted by molar-refractivity contribution is 6.37. The summed E-state index contributed by atoms with van der Waals surface area (Å²) in [5.74, 6) is -1.46. The van der Waals surface area contributed by atoms with Crippen LogP contribution >= 0.6 is 23.2 Å². The predicted molar refractivity (Wildman–Crippen MR) is 101 cm³/mol. The number of aliphatic carboxylic acids is 1. The first-order chi connectivity index (χ1) is 12.4. The van der Waals surface area contributed by atoms with Crippen molar-refractivity contribution in [2.75, 3.05) is 18.4 Å². The van der Waals surface area contributed by atoms with Crippen molar-refractivity contribution in [2.24, 2.45) is 0 Å². The lowest BCUT2D eigenvalue weighted by Crippen LogP contribution is -2.29. The van der Waals surface area contributed by atoms with Crippen molar-refractivity contribution in [3.63, 3.8) is 0 Å². The Balaban J connectivity index is 2.09. The number of nitrogens with one attached hydrogen (secondary N) is 2. The molecule has 0 unspecified atom stereocenters. The number of carbonyl (C=O) groups excluding carboxylic acids is 1. The second-order valence-corrected chi connectivity index (χ2v) is 6.18. The number of amides is 1. The Morgan fingerprint density at radius 3 is 2.46 bits per heavy atom. The molecule has 0 radical (unpaired) electrons. The normalized spacial score (nSPS) is 10.3. The van der Waals surface area contributed by atoms with Gasteiger partial charge in [-0.1, -0.05) is 35.3 Å². The topological polar surface area (TPSA) is 87.7 Å². The third-order valence-corrected chi connectivity index (χ3v) is 3.91. The van der Waals surface area contributed by atoms with E-state index in [1.54, 1.807) is 0 Å². The number of hydrogen-bond donors (Lipinski definition) is 3. The van der Waals surface area contributed by atoms with E-state index in [2.05, 4.69) is 10.6 Å². The highest BCUT2D eigenvalue weighted by Crippen LogP contribution is 2.35. The van der Waals surface area contributed by atoms with E-state index in [4.69, 9.17) is 33.0 Å². The number of carboxylic acids is 1. The number of hydrogen-bond acceptors (Lipinski definition) is 4. The van der Waals surface area contributed by atoms with E-state index in [0.717, 1.165) is 17.8 Å². The minimum Gasteiger partial charge on any atom is -0.486 e. The van der Waals surface area contributed by atoms with E-state index in [9.17, 15) is 9.59 Å². The maximum absolute atomic E-state index is 11.9. The summed E-state index contributed by atoms with van der Waals surface area (Å²) in [4.78, 5) is 22.4. The molecule has 0 spiro atoms. The largest absolute Gasteiger partial charge is 0.486 e. The summed E-state index contributed by atoms with van der Waals surface area (Å²) in [6.45, 7) is 2.59. The van der Waals surface area contributed by atoms with Gasteiger partial charge >= 0.3 is 5.97 Å². The highest BCUT2D eigenvalue weighted by atomic mass is 35.5. The highest BCUT2D eigenvalue weighted by Gasteiger charge is 2.15. The number of halogens is 2. The molecule has 0 aliphatic carbocycles. The fourth-order valence-corrected chi connectivity index (χ4v) is 2.81. The molecule has 8 heteroatoms. The van der Waals surface area contributed by atoms with Gasteiger partial charge in [-0.2, -0.15) is 0 Å². The van der Waals surface area contributed by atoms with Gasteiger partial charge in [0.1, 0.15) is 13.2 Å². The van der Waals surface area contributed by atoms with Crippen LogP contribution in [0.15, 0.2) is 36.4 Å². The molecule has 6 nitrogen and oxygen atoms in total. The van der Waals surface area contributed by atoms with Gasteiger partial charge in [0.2, 0.25) is 0 Å². The maximum Gasteiger partial charge on any atom is 0.322 e. The molecular weight excluding hydrogens is 379 g/mol. The summed E-state index contributed by atoms with van der Waals surface area (Å²) in [6, 6.07) is 10.5. The van der Waals surface area contributed by atoms with Gasteiger partial charge in [0, 0.05) is 17.8 Å². The Labute approximate surface area is 161 Å². The average Bonchev–Trinajstić information content (AvgIpc) is 2.59. The minimum atomic E-state index is -1.14. The number of carbonyl (C=O) groups is 2. The number of rotatable bonds is 8. The van der Waals surface area contributed by atoms with Crippen LogP contribution in [0.1, 0.15) is 22.8 Å². The third-order valence-electron chi connectivity index (χ3n) is 3.35. The van der Waals surface area contributed by atoms with Gasteiger partial charge in [-0.15, -0.1) is 0 Å². The zero-order chi connectivity index (χ0) is 19.1. The summed E-state index contributed by atoms with van der Waals surface area (Å²) < 4.78 is 5.70. The van der Waals surface area contributed by atoms with Crippen LogP contribution in [-0.4, -0.2) is 30.1 Å². The Kier molecular flexibility index (Phi) is 7.12. The maximum atomic E-state index is 11.9. The Hall–Kier alpha value is -2.44. The van der Waals surface area contributed by atoms with E-state index in [1.807, 2.05) is 31.2 Å². The van der Waals surface area contributed by atoms with Gasteiger partial charge in [-0.25, -0.2) is 0 Å². The summed E-state index contributed by atoms with van der Waals surface area (Å²) in [6.07, 6.45) is 0. The second-order valence-electron chi connectivity index (χ2n) is 5.36. The van der Waals surface area contributed by atoms with E-state index < -0.39 is 18.4 Å². The Morgan fingerprint density at radius 2 is 1.85 bits per heavy atom. The molecule has 26 heavy (non-hydrogen) atoms. The molecule has 2 aromatic carbocycles. The van der Waals surface area contributed by atoms with Crippen molar-refractivity contribution in [3.8, 4) is 5.75 Å². The zero-order valence-corrected chi connectivity index (χ0v) is 15.5. The minimum absolute atomic E-state index is 0.155. The summed E-state index contributed by atoms with van der Waals surface area (Å²) >= 11 is 12.3. The summed E-state index contributed by atoms with van der Waals surface area (Å²) in [7, 11) is 0. The van der Waals surface area contributed by atoms with Crippen LogP contribution in [0.4, 0.5) is 5.69 Å². The molecule has 0 saturated carbocycles. The van der Waals surface area contributed by atoms with Gasteiger partial charge in [0.05, 0.1) is 10.0 Å². The number of benzene rings is 2. The summed E-state index contributed by atoms with van der Waals surface area (Å²) in [5, 5.41) is 14.4. The van der Waals surface area contributed by atoms with Crippen molar-refractivity contribution >= 4 is 40.8 Å². The number of carboxylic acid groups (broad SMARTS) is 1. The molecule has 0 aliphatic rings. The molecule has 0 atom stereocenters. The monoisotopic (exact) mass is 396 g/mol. The standard InChI is InChI=1S/C18H18Cl2N2O4/c1-2-21-13-5-3-4-11(6-13)10-26-17-14(19)7-12(8-15(17)20)18(25)22-9-16(23)24/h3-8,21H,2,9-10H2,1H3,(H,22,25)(H,23,24). The van der Waals surface area contributed by atoms with Crippen molar-refractivity contribution in [3.05, 3.63) is 57.6 Å². The van der Waals surface area contributed by atoms with Crippen molar-refractivity contribution in [2.45, 2.75) is 13.5 Å². The van der Waals surface area contributed by atoms with E-state index >= 15 is 0 Å². The van der Waals surface area contributed by atoms with Gasteiger partial charge < -0.3 is 20.5 Å². The van der Waals surface area contributed by atoms with Crippen LogP contribution in [0.5, 0.6) is 5.75 Å². The lowest BCUT2D eigenvalue weighted by Gasteiger charge is -2.13. The van der Waals surface area contributed by atoms with Crippen molar-refractivity contribution in [1.82, 2.24) is 5.32 Å². The summed E-state index contributed by atoms with van der Waals surface area (Å²) in [5.41, 5.74) is 2.07. The smallest absolute Gasteiger partial charge is 0.322 e. The molecular formula is C18H18Cl2N2O4. The van der Waals surface area contributed by atoms with Crippen molar-refractivity contribution < 1.29 is 19.4 Å². The molecule has 0 aromatic heterocycles. The molecule has 2 aromatic rings. The van der Waals surface area contributed by atoms with Crippen LogP contribution in [0.3, 0.4) is 0 Å². The molecule has 0 fully saturated rings. The zero-order valence-electron chi connectivity index (χ0n) is 14.0. The molecule has 2 rings (SSSR count).